The van der Waals surface area contributed by atoms with E-state index in [1.807, 2.05) is 44.2 Å². The van der Waals surface area contributed by atoms with Gasteiger partial charge >= 0.3 is 5.97 Å². The van der Waals surface area contributed by atoms with Gasteiger partial charge in [0.25, 0.3) is 5.56 Å². The highest BCUT2D eigenvalue weighted by Gasteiger charge is 2.22. The first-order valence-corrected chi connectivity index (χ1v) is 9.58. The summed E-state index contributed by atoms with van der Waals surface area (Å²) in [5.41, 5.74) is 1.66. The lowest BCUT2D eigenvalue weighted by Crippen LogP contribution is -2.29. The highest BCUT2D eigenvalue weighted by molar-refractivity contribution is 7.19. The molecule has 0 spiro atoms. The van der Waals surface area contributed by atoms with Crippen LogP contribution >= 0.6 is 11.3 Å². The Kier molecular flexibility index (Phi) is 5.52. The Morgan fingerprint density at radius 2 is 2.04 bits per heavy atom. The first-order valence-electron chi connectivity index (χ1n) is 8.76. The van der Waals surface area contributed by atoms with Crippen LogP contribution in [-0.2, 0) is 9.53 Å². The number of nitrogens with zero attached hydrogens (tertiary/aromatic N) is 2. The van der Waals surface area contributed by atoms with Crippen molar-refractivity contribution in [3.63, 3.8) is 0 Å². The van der Waals surface area contributed by atoms with Gasteiger partial charge in [0, 0.05) is 10.4 Å². The zero-order chi connectivity index (χ0) is 18.7. The predicted molar refractivity (Wildman–Crippen MR) is 105 cm³/mol. The van der Waals surface area contributed by atoms with Gasteiger partial charge in [-0.2, -0.15) is 0 Å². The van der Waals surface area contributed by atoms with Crippen molar-refractivity contribution < 1.29 is 9.53 Å². The molecule has 2 aromatic heterocycles. The van der Waals surface area contributed by atoms with Crippen LogP contribution in [0.25, 0.3) is 21.3 Å². The molecule has 0 amide bonds. The molecule has 1 unspecified atom stereocenters. The smallest absolute Gasteiger partial charge is 0.328 e. The lowest BCUT2D eigenvalue weighted by Gasteiger charge is -2.14. The molecule has 0 aliphatic carbocycles. The van der Waals surface area contributed by atoms with Gasteiger partial charge in [-0.15, -0.1) is 11.3 Å². The second-order valence-corrected chi connectivity index (χ2v) is 7.44. The first kappa shape index (κ1) is 18.3. The van der Waals surface area contributed by atoms with E-state index < -0.39 is 12.0 Å². The number of rotatable bonds is 6. The largest absolute Gasteiger partial charge is 0.464 e. The summed E-state index contributed by atoms with van der Waals surface area (Å²) >= 11 is 1.49. The van der Waals surface area contributed by atoms with Crippen molar-refractivity contribution in [2.75, 3.05) is 6.61 Å². The second-order valence-electron chi connectivity index (χ2n) is 6.23. The summed E-state index contributed by atoms with van der Waals surface area (Å²) in [6, 6.07) is 9.08. The summed E-state index contributed by atoms with van der Waals surface area (Å²) in [7, 11) is 0. The molecular weight excluding hydrogens is 348 g/mol. The third kappa shape index (κ3) is 3.42. The Hall–Kier alpha value is -2.47. The van der Waals surface area contributed by atoms with Crippen LogP contribution in [-0.4, -0.2) is 22.1 Å². The fourth-order valence-corrected chi connectivity index (χ4v) is 3.90. The lowest BCUT2D eigenvalue weighted by molar-refractivity contribution is -0.147. The van der Waals surface area contributed by atoms with Gasteiger partial charge < -0.3 is 4.74 Å². The van der Waals surface area contributed by atoms with E-state index >= 15 is 0 Å². The molecule has 136 valence electrons. The fourth-order valence-electron chi connectivity index (χ4n) is 2.90. The number of carbonyl (C=O) groups excluding carboxylic acids is 1. The summed E-state index contributed by atoms with van der Waals surface area (Å²) in [5.74, 6) is -0.407. The molecule has 1 aromatic carbocycles. The SMILES string of the molecule is CCCCOC(=O)C(C)n1cnc2sc(C)c(-c3ccccc3)c2c1=O. The van der Waals surface area contributed by atoms with Crippen molar-refractivity contribution in [2.45, 2.75) is 39.7 Å². The molecule has 26 heavy (non-hydrogen) atoms. The Bertz CT molecular complexity index is 976. The second kappa shape index (κ2) is 7.83. The van der Waals surface area contributed by atoms with Gasteiger partial charge in [0.15, 0.2) is 0 Å². The monoisotopic (exact) mass is 370 g/mol. The highest BCUT2D eigenvalue weighted by Crippen LogP contribution is 2.35. The molecule has 3 aromatic rings. The Morgan fingerprint density at radius 3 is 2.73 bits per heavy atom. The van der Waals surface area contributed by atoms with E-state index in [9.17, 15) is 9.59 Å². The zero-order valence-electron chi connectivity index (χ0n) is 15.2. The van der Waals surface area contributed by atoms with Crippen molar-refractivity contribution >= 4 is 27.5 Å². The molecule has 0 N–H and O–H groups in total. The van der Waals surface area contributed by atoms with Crippen molar-refractivity contribution in [1.82, 2.24) is 9.55 Å². The van der Waals surface area contributed by atoms with Gasteiger partial charge in [0.05, 0.1) is 18.3 Å². The van der Waals surface area contributed by atoms with E-state index in [-0.39, 0.29) is 5.56 Å². The number of unbranched alkanes of at least 4 members (excludes halogenated alkanes) is 1. The van der Waals surface area contributed by atoms with Crippen molar-refractivity contribution in [2.24, 2.45) is 0 Å². The van der Waals surface area contributed by atoms with Crippen LogP contribution in [0, 0.1) is 6.92 Å². The number of hydrogen-bond donors (Lipinski definition) is 0. The Balaban J connectivity index is 2.06. The number of hydrogen-bond acceptors (Lipinski definition) is 5. The maximum Gasteiger partial charge on any atom is 0.328 e. The molecule has 3 rings (SSSR count). The molecule has 0 aliphatic rings. The van der Waals surface area contributed by atoms with E-state index in [1.54, 1.807) is 6.92 Å². The molecule has 0 aliphatic heterocycles. The Morgan fingerprint density at radius 1 is 1.31 bits per heavy atom. The molecule has 0 saturated heterocycles. The minimum atomic E-state index is -0.708. The maximum atomic E-state index is 13.1. The van der Waals surface area contributed by atoms with Gasteiger partial charge in [-0.3, -0.25) is 9.36 Å². The summed E-state index contributed by atoms with van der Waals surface area (Å²) in [5, 5.41) is 0.564. The summed E-state index contributed by atoms with van der Waals surface area (Å²) in [4.78, 5) is 31.5. The van der Waals surface area contributed by atoms with E-state index in [4.69, 9.17) is 4.74 Å². The molecule has 2 heterocycles. The van der Waals surface area contributed by atoms with Crippen molar-refractivity contribution in [1.29, 1.82) is 0 Å². The van der Waals surface area contributed by atoms with Gasteiger partial charge in [-0.1, -0.05) is 43.7 Å². The molecular formula is C20H22N2O3S. The van der Waals surface area contributed by atoms with E-state index in [0.29, 0.717) is 16.8 Å². The molecule has 1 atom stereocenters. The first-order chi connectivity index (χ1) is 12.5. The quantitative estimate of drug-likeness (QED) is 0.478. The highest BCUT2D eigenvalue weighted by atomic mass is 32.1. The number of ether oxygens (including phenoxy) is 1. The van der Waals surface area contributed by atoms with E-state index in [0.717, 1.165) is 28.8 Å². The number of esters is 1. The number of thiophene rings is 1. The summed E-state index contributed by atoms with van der Waals surface area (Å²) < 4.78 is 6.63. The van der Waals surface area contributed by atoms with Gasteiger partial charge in [-0.25, -0.2) is 9.78 Å². The Labute approximate surface area is 156 Å². The molecule has 5 nitrogen and oxygen atoms in total. The van der Waals surface area contributed by atoms with E-state index in [1.165, 1.54) is 22.2 Å². The van der Waals surface area contributed by atoms with Gasteiger partial charge in [-0.05, 0) is 25.8 Å². The third-order valence-electron chi connectivity index (χ3n) is 4.38. The zero-order valence-corrected chi connectivity index (χ0v) is 16.0. The van der Waals surface area contributed by atoms with Crippen LogP contribution in [0.1, 0.15) is 37.6 Å². The standard InChI is InChI=1S/C20H22N2O3S/c1-4-5-11-25-20(24)13(2)22-12-21-18-17(19(22)23)16(14(3)26-18)15-9-7-6-8-10-15/h6-10,12-13H,4-5,11H2,1-3H3. The average Bonchev–Trinajstić information content (AvgIpc) is 2.99. The topological polar surface area (TPSA) is 61.2 Å². The number of carbonyl (C=O) groups is 1. The average molecular weight is 370 g/mol. The van der Waals surface area contributed by atoms with E-state index in [2.05, 4.69) is 4.98 Å². The summed E-state index contributed by atoms with van der Waals surface area (Å²) in [6.07, 6.45) is 3.21. The molecule has 0 fully saturated rings. The van der Waals surface area contributed by atoms with Gasteiger partial charge in [0.1, 0.15) is 10.9 Å². The molecule has 0 bridgehead atoms. The van der Waals surface area contributed by atoms with Crippen molar-refractivity contribution in [3.8, 4) is 11.1 Å². The van der Waals surface area contributed by atoms with Crippen LogP contribution in [0.3, 0.4) is 0 Å². The number of aromatic nitrogens is 2. The van der Waals surface area contributed by atoms with Crippen LogP contribution < -0.4 is 5.56 Å². The third-order valence-corrected chi connectivity index (χ3v) is 5.39. The van der Waals surface area contributed by atoms with Crippen molar-refractivity contribution in [3.05, 3.63) is 51.9 Å². The normalized spacial score (nSPS) is 12.3. The van der Waals surface area contributed by atoms with Crippen LogP contribution in [0.4, 0.5) is 0 Å². The maximum absolute atomic E-state index is 13.1. The fraction of sp³-hybridized carbons (Fsp3) is 0.350. The van der Waals surface area contributed by atoms with Crippen LogP contribution in [0.5, 0.6) is 0 Å². The number of fused-ring (bicyclic) bond motifs is 1. The van der Waals surface area contributed by atoms with Crippen LogP contribution in [0.15, 0.2) is 41.5 Å². The molecule has 0 saturated carbocycles. The lowest BCUT2D eigenvalue weighted by atomic mass is 10.0. The molecule has 6 heteroatoms. The molecule has 0 radical (unpaired) electrons. The number of benzene rings is 1. The number of aryl methyl sites for hydroxylation is 1. The predicted octanol–water partition coefficient (Wildman–Crippen LogP) is 4.34. The minimum Gasteiger partial charge on any atom is -0.464 e. The summed E-state index contributed by atoms with van der Waals surface area (Å²) in [6.45, 7) is 6.06. The van der Waals surface area contributed by atoms with Crippen LogP contribution in [0.2, 0.25) is 0 Å². The minimum absolute atomic E-state index is 0.210. The van der Waals surface area contributed by atoms with Gasteiger partial charge in [0.2, 0.25) is 0 Å².